The van der Waals surface area contributed by atoms with Crippen LogP contribution in [-0.2, 0) is 11.2 Å². The normalized spacial score (nSPS) is 17.0. The van der Waals surface area contributed by atoms with E-state index in [9.17, 15) is 4.79 Å². The third-order valence-electron chi connectivity index (χ3n) is 4.72. The Morgan fingerprint density at radius 2 is 2.08 bits per heavy atom. The number of carbonyl (C=O) groups excluding carboxylic acids is 1. The van der Waals surface area contributed by atoms with Gasteiger partial charge in [-0.15, -0.1) is 21.5 Å². The summed E-state index contributed by atoms with van der Waals surface area (Å²) in [7, 11) is 0. The van der Waals surface area contributed by atoms with Crippen LogP contribution in [0.3, 0.4) is 0 Å². The molecule has 1 aromatic carbocycles. The molecule has 1 amide bonds. The molecule has 0 N–H and O–H groups in total. The van der Waals surface area contributed by atoms with Crippen LogP contribution >= 0.6 is 11.3 Å². The van der Waals surface area contributed by atoms with Crippen molar-refractivity contribution in [1.82, 2.24) is 15.1 Å². The highest BCUT2D eigenvalue weighted by Gasteiger charge is 2.33. The third-order valence-corrected chi connectivity index (χ3v) is 5.71. The molecule has 0 aliphatic carbocycles. The molecule has 1 aliphatic rings. The summed E-state index contributed by atoms with van der Waals surface area (Å²) in [5.41, 5.74) is 1.18. The van der Waals surface area contributed by atoms with Crippen molar-refractivity contribution in [2.45, 2.75) is 38.6 Å². The zero-order valence-corrected chi connectivity index (χ0v) is 15.5. The molecule has 2 aromatic heterocycles. The van der Waals surface area contributed by atoms with E-state index >= 15 is 0 Å². The minimum atomic E-state index is -0.0967. The summed E-state index contributed by atoms with van der Waals surface area (Å²) in [5.74, 6) is 1.25. The summed E-state index contributed by atoms with van der Waals surface area (Å²) in [5, 5.41) is 8.42. The summed E-state index contributed by atoms with van der Waals surface area (Å²) in [4.78, 5) is 16.8. The van der Waals surface area contributed by atoms with Crippen LogP contribution in [0.4, 0.5) is 0 Å². The highest BCUT2D eigenvalue weighted by Crippen LogP contribution is 2.34. The molecule has 0 spiro atoms. The van der Waals surface area contributed by atoms with E-state index < -0.39 is 0 Å². The van der Waals surface area contributed by atoms with Crippen molar-refractivity contribution in [3.05, 3.63) is 58.8 Å². The molecule has 1 fully saturated rings. The van der Waals surface area contributed by atoms with Crippen LogP contribution in [-0.4, -0.2) is 27.5 Å². The Labute approximate surface area is 156 Å². The lowest BCUT2D eigenvalue weighted by atomic mass is 10.1. The Hall–Kier alpha value is -2.47. The lowest BCUT2D eigenvalue weighted by molar-refractivity contribution is -0.132. The van der Waals surface area contributed by atoms with Gasteiger partial charge >= 0.3 is 0 Å². The molecular weight excluding hydrogens is 346 g/mol. The lowest BCUT2D eigenvalue weighted by Gasteiger charge is -2.22. The molecule has 0 saturated carbocycles. The van der Waals surface area contributed by atoms with Crippen LogP contribution in [0, 0.1) is 6.92 Å². The first-order valence-electron chi connectivity index (χ1n) is 8.94. The number of hydrogen-bond acceptors (Lipinski definition) is 5. The number of thiophene rings is 1. The fourth-order valence-corrected chi connectivity index (χ4v) is 4.17. The van der Waals surface area contributed by atoms with Crippen LogP contribution < -0.4 is 0 Å². The van der Waals surface area contributed by atoms with Crippen molar-refractivity contribution in [2.75, 3.05) is 6.54 Å². The Bertz CT molecular complexity index is 887. The minimum Gasteiger partial charge on any atom is -0.418 e. The summed E-state index contributed by atoms with van der Waals surface area (Å²) in [6.07, 6.45) is 3.11. The molecule has 4 rings (SSSR count). The zero-order valence-electron chi connectivity index (χ0n) is 14.7. The predicted octanol–water partition coefficient (Wildman–Crippen LogP) is 4.40. The average molecular weight is 367 g/mol. The van der Waals surface area contributed by atoms with Gasteiger partial charge < -0.3 is 9.32 Å². The van der Waals surface area contributed by atoms with Crippen LogP contribution in [0.15, 0.2) is 46.9 Å². The maximum absolute atomic E-state index is 12.7. The Kier molecular flexibility index (Phi) is 4.84. The van der Waals surface area contributed by atoms with Gasteiger partial charge in [0.25, 0.3) is 5.89 Å². The van der Waals surface area contributed by atoms with Crippen molar-refractivity contribution in [3.63, 3.8) is 0 Å². The molecule has 6 heteroatoms. The second kappa shape index (κ2) is 7.41. The second-order valence-corrected chi connectivity index (χ2v) is 7.87. The fraction of sp³-hybridized carbons (Fsp3) is 0.350. The first-order chi connectivity index (χ1) is 12.7. The maximum atomic E-state index is 12.7. The Morgan fingerprint density at radius 1 is 1.23 bits per heavy atom. The van der Waals surface area contributed by atoms with Crippen molar-refractivity contribution < 1.29 is 9.21 Å². The Balaban J connectivity index is 1.44. The SMILES string of the molecule is Cc1ccc(-c2nnc(C3CCCN3C(=O)CCc3ccccc3)o2)s1. The molecule has 134 valence electrons. The van der Waals surface area contributed by atoms with E-state index in [0.717, 1.165) is 30.7 Å². The van der Waals surface area contributed by atoms with E-state index in [2.05, 4.69) is 29.3 Å². The summed E-state index contributed by atoms with van der Waals surface area (Å²) < 4.78 is 5.90. The first kappa shape index (κ1) is 17.0. The molecule has 0 radical (unpaired) electrons. The van der Waals surface area contributed by atoms with Crippen LogP contribution in [0.2, 0.25) is 0 Å². The Morgan fingerprint density at radius 3 is 2.85 bits per heavy atom. The van der Waals surface area contributed by atoms with E-state index in [1.807, 2.05) is 35.2 Å². The van der Waals surface area contributed by atoms with Crippen molar-refractivity contribution in [3.8, 4) is 10.8 Å². The molecular formula is C20H21N3O2S. The van der Waals surface area contributed by atoms with Gasteiger partial charge in [-0.1, -0.05) is 30.3 Å². The summed E-state index contributed by atoms with van der Waals surface area (Å²) in [6, 6.07) is 14.1. The second-order valence-electron chi connectivity index (χ2n) is 6.59. The average Bonchev–Trinajstić information content (AvgIpc) is 3.39. The molecule has 1 unspecified atom stereocenters. The quantitative estimate of drug-likeness (QED) is 0.670. The predicted molar refractivity (Wildman–Crippen MR) is 101 cm³/mol. The number of aromatic nitrogens is 2. The number of benzene rings is 1. The van der Waals surface area contributed by atoms with Gasteiger partial charge in [-0.2, -0.15) is 0 Å². The van der Waals surface area contributed by atoms with Crippen molar-refractivity contribution in [2.24, 2.45) is 0 Å². The highest BCUT2D eigenvalue weighted by atomic mass is 32.1. The number of rotatable bonds is 5. The molecule has 26 heavy (non-hydrogen) atoms. The largest absolute Gasteiger partial charge is 0.418 e. The number of likely N-dealkylation sites (tertiary alicyclic amines) is 1. The van der Waals surface area contributed by atoms with E-state index in [-0.39, 0.29) is 11.9 Å². The summed E-state index contributed by atoms with van der Waals surface area (Å²) >= 11 is 1.63. The van der Waals surface area contributed by atoms with Gasteiger partial charge in [0.1, 0.15) is 6.04 Å². The standard InChI is InChI=1S/C20H21N3O2S/c1-14-9-11-17(26-14)20-22-21-19(25-20)16-8-5-13-23(16)18(24)12-10-15-6-3-2-4-7-15/h2-4,6-7,9,11,16H,5,8,10,12-13H2,1H3. The molecule has 3 aromatic rings. The number of carbonyl (C=O) groups is 1. The van der Waals surface area contributed by atoms with Gasteiger partial charge in [-0.25, -0.2) is 0 Å². The van der Waals surface area contributed by atoms with Gasteiger partial charge in [0, 0.05) is 17.8 Å². The minimum absolute atomic E-state index is 0.0967. The van der Waals surface area contributed by atoms with Crippen LogP contribution in [0.5, 0.6) is 0 Å². The topological polar surface area (TPSA) is 59.2 Å². The molecule has 1 aliphatic heterocycles. The lowest BCUT2D eigenvalue weighted by Crippen LogP contribution is -2.30. The highest BCUT2D eigenvalue weighted by molar-refractivity contribution is 7.15. The maximum Gasteiger partial charge on any atom is 0.257 e. The van der Waals surface area contributed by atoms with Gasteiger partial charge in [-0.05, 0) is 43.9 Å². The van der Waals surface area contributed by atoms with Crippen LogP contribution in [0.1, 0.15) is 41.6 Å². The van der Waals surface area contributed by atoms with E-state index in [0.29, 0.717) is 18.2 Å². The number of aryl methyl sites for hydroxylation is 2. The first-order valence-corrected chi connectivity index (χ1v) is 9.76. The molecule has 1 saturated heterocycles. The van der Waals surface area contributed by atoms with Gasteiger partial charge in [-0.3, -0.25) is 4.79 Å². The van der Waals surface area contributed by atoms with Crippen molar-refractivity contribution in [1.29, 1.82) is 0 Å². The van der Waals surface area contributed by atoms with Crippen molar-refractivity contribution >= 4 is 17.2 Å². The van der Waals surface area contributed by atoms with E-state index in [1.165, 1.54) is 10.4 Å². The van der Waals surface area contributed by atoms with E-state index in [1.54, 1.807) is 11.3 Å². The van der Waals surface area contributed by atoms with Gasteiger partial charge in [0.2, 0.25) is 11.8 Å². The fourth-order valence-electron chi connectivity index (χ4n) is 3.38. The van der Waals surface area contributed by atoms with Gasteiger partial charge in [0.05, 0.1) is 4.88 Å². The zero-order chi connectivity index (χ0) is 17.9. The van der Waals surface area contributed by atoms with Gasteiger partial charge in [0.15, 0.2) is 0 Å². The third kappa shape index (κ3) is 3.55. The molecule has 0 bridgehead atoms. The van der Waals surface area contributed by atoms with E-state index in [4.69, 9.17) is 4.42 Å². The smallest absolute Gasteiger partial charge is 0.257 e. The molecule has 1 atom stereocenters. The van der Waals surface area contributed by atoms with Crippen LogP contribution in [0.25, 0.3) is 10.8 Å². The monoisotopic (exact) mass is 367 g/mol. The molecule has 3 heterocycles. The number of nitrogens with zero attached hydrogens (tertiary/aromatic N) is 3. The number of amides is 1. The summed E-state index contributed by atoms with van der Waals surface area (Å²) in [6.45, 7) is 2.81. The number of hydrogen-bond donors (Lipinski definition) is 0. The molecule has 5 nitrogen and oxygen atoms in total.